The fourth-order valence-electron chi connectivity index (χ4n) is 2.89. The van der Waals surface area contributed by atoms with Gasteiger partial charge in [-0.05, 0) is 37.4 Å². The third-order valence-electron chi connectivity index (χ3n) is 4.55. The number of hydrogen-bond donors (Lipinski definition) is 2. The van der Waals surface area contributed by atoms with Gasteiger partial charge in [0.1, 0.15) is 5.76 Å². The number of amides is 2. The Kier molecular flexibility index (Phi) is 6.18. The first-order valence-electron chi connectivity index (χ1n) is 9.23. The second-order valence-corrected chi connectivity index (χ2v) is 8.21. The Labute approximate surface area is 169 Å². The summed E-state index contributed by atoms with van der Waals surface area (Å²) in [5.41, 5.74) is 4.58. The van der Waals surface area contributed by atoms with Gasteiger partial charge in [0.2, 0.25) is 0 Å². The molecule has 1 aromatic rings. The van der Waals surface area contributed by atoms with E-state index in [1.165, 1.54) is 12.1 Å². The highest BCUT2D eigenvalue weighted by atomic mass is 32.2. The number of nitrogens with zero attached hydrogens (tertiary/aromatic N) is 3. The lowest BCUT2D eigenvalue weighted by molar-refractivity contribution is -0.117. The Morgan fingerprint density at radius 2 is 1.93 bits per heavy atom. The van der Waals surface area contributed by atoms with Crippen LogP contribution in [0.25, 0.3) is 0 Å². The van der Waals surface area contributed by atoms with E-state index in [2.05, 4.69) is 20.1 Å². The van der Waals surface area contributed by atoms with Gasteiger partial charge in [0.05, 0.1) is 17.9 Å². The first-order chi connectivity index (χ1) is 13.8. The molecule has 2 N–H and O–H groups in total. The van der Waals surface area contributed by atoms with Crippen molar-refractivity contribution < 1.29 is 22.4 Å². The lowest BCUT2D eigenvalue weighted by Crippen LogP contribution is -2.47. The van der Waals surface area contributed by atoms with E-state index in [1.54, 1.807) is 23.2 Å². The van der Waals surface area contributed by atoms with Crippen LogP contribution in [-0.4, -0.2) is 61.3 Å². The van der Waals surface area contributed by atoms with Crippen molar-refractivity contribution in [2.24, 2.45) is 4.40 Å². The van der Waals surface area contributed by atoms with Crippen molar-refractivity contribution in [2.45, 2.75) is 20.4 Å². The maximum absolute atomic E-state index is 12.5. The largest absolute Gasteiger partial charge is 0.454 e. The molecule has 156 valence electrons. The Balaban J connectivity index is 1.63. The molecule has 2 aliphatic rings. The molecule has 3 heterocycles. The monoisotopic (exact) mass is 421 g/mol. The van der Waals surface area contributed by atoms with E-state index in [9.17, 15) is 18.0 Å². The van der Waals surface area contributed by atoms with Gasteiger partial charge in [-0.2, -0.15) is 0 Å². The molecule has 0 bridgehead atoms. The molecule has 11 heteroatoms. The number of rotatable bonds is 6. The molecule has 2 aliphatic heterocycles. The van der Waals surface area contributed by atoms with E-state index in [0.717, 1.165) is 13.1 Å². The highest BCUT2D eigenvalue weighted by molar-refractivity contribution is 7.90. The molecule has 0 fully saturated rings. The average molecular weight is 421 g/mol. The van der Waals surface area contributed by atoms with Crippen LogP contribution in [-0.2, 0) is 21.4 Å². The summed E-state index contributed by atoms with van der Waals surface area (Å²) in [5, 5.41) is 0. The molecule has 1 aromatic heterocycles. The molecule has 0 saturated carbocycles. The zero-order valence-corrected chi connectivity index (χ0v) is 17.0. The quantitative estimate of drug-likeness (QED) is 0.636. The van der Waals surface area contributed by atoms with Crippen molar-refractivity contribution in [2.75, 3.05) is 25.4 Å². The predicted octanol–water partition coefficient (Wildman–Crippen LogP) is 0.380. The van der Waals surface area contributed by atoms with Crippen molar-refractivity contribution in [3.8, 4) is 0 Å². The summed E-state index contributed by atoms with van der Waals surface area (Å²) in [6, 6.07) is 3.24. The summed E-state index contributed by atoms with van der Waals surface area (Å²) in [4.78, 5) is 28.4. The highest BCUT2D eigenvalue weighted by Gasteiger charge is 2.30. The lowest BCUT2D eigenvalue weighted by atomic mass is 10.1. The van der Waals surface area contributed by atoms with Gasteiger partial charge < -0.3 is 9.32 Å². The highest BCUT2D eigenvalue weighted by Crippen LogP contribution is 2.17. The van der Waals surface area contributed by atoms with Crippen LogP contribution in [0.15, 0.2) is 44.9 Å². The molecular formula is C18H23N5O5S. The van der Waals surface area contributed by atoms with Gasteiger partial charge in [-0.3, -0.25) is 25.3 Å². The number of carbonyl (C=O) groups is 2. The fraction of sp³-hybridized carbons (Fsp3) is 0.389. The normalized spacial score (nSPS) is 17.4. The number of hydrogen-bond acceptors (Lipinski definition) is 7. The summed E-state index contributed by atoms with van der Waals surface area (Å²) in [6.45, 7) is 6.57. The lowest BCUT2D eigenvalue weighted by Gasteiger charge is -2.28. The summed E-state index contributed by atoms with van der Waals surface area (Å²) in [7, 11) is -3.62. The standard InChI is InChI=1S/C18H23N5O5S/c1-3-22(4-2)12-13-7-8-15(28-13)18(25)20-19-17(24)14-6-5-9-23-10-11-29(26,27)21-16(14)23/h5-9H,3-4,10-12H2,1-2H3,(H,19,24)(H,20,25). The number of furan rings is 1. The molecule has 0 saturated heterocycles. The van der Waals surface area contributed by atoms with E-state index < -0.39 is 21.8 Å². The van der Waals surface area contributed by atoms with E-state index in [4.69, 9.17) is 4.42 Å². The molecule has 0 atom stereocenters. The van der Waals surface area contributed by atoms with Crippen LogP contribution in [0.1, 0.15) is 30.2 Å². The number of sulfonamides is 1. The summed E-state index contributed by atoms with van der Waals surface area (Å²) in [5.74, 6) is -0.692. The molecule has 29 heavy (non-hydrogen) atoms. The van der Waals surface area contributed by atoms with Gasteiger partial charge >= 0.3 is 5.91 Å². The second-order valence-electron chi connectivity index (χ2n) is 6.45. The molecular weight excluding hydrogens is 398 g/mol. The van der Waals surface area contributed by atoms with Crippen LogP contribution >= 0.6 is 0 Å². The van der Waals surface area contributed by atoms with Gasteiger partial charge in [-0.25, -0.2) is 8.42 Å². The summed E-state index contributed by atoms with van der Waals surface area (Å²) in [6.07, 6.45) is 4.69. The van der Waals surface area contributed by atoms with Gasteiger partial charge in [0.25, 0.3) is 15.9 Å². The minimum atomic E-state index is -3.62. The zero-order chi connectivity index (χ0) is 21.0. The second kappa shape index (κ2) is 8.62. The number of carbonyl (C=O) groups excluding carboxylic acids is 2. The van der Waals surface area contributed by atoms with Crippen LogP contribution in [0.5, 0.6) is 0 Å². The number of hydrazine groups is 1. The van der Waals surface area contributed by atoms with E-state index in [1.807, 2.05) is 13.8 Å². The fourth-order valence-corrected chi connectivity index (χ4v) is 3.87. The molecule has 0 spiro atoms. The topological polar surface area (TPSA) is 124 Å². The molecule has 0 radical (unpaired) electrons. The SMILES string of the molecule is CCN(CC)Cc1ccc(C(=O)NNC(=O)C2=CC=CN3CCS(=O)(=O)N=C23)o1. The first kappa shape index (κ1) is 20.8. The third-order valence-corrected chi connectivity index (χ3v) is 5.70. The first-order valence-corrected chi connectivity index (χ1v) is 10.8. The van der Waals surface area contributed by atoms with E-state index in [-0.39, 0.29) is 29.5 Å². The van der Waals surface area contributed by atoms with E-state index in [0.29, 0.717) is 12.3 Å². The van der Waals surface area contributed by atoms with E-state index >= 15 is 0 Å². The molecule has 0 aromatic carbocycles. The molecule has 3 rings (SSSR count). The predicted molar refractivity (Wildman–Crippen MR) is 106 cm³/mol. The van der Waals surface area contributed by atoms with Crippen molar-refractivity contribution in [3.05, 3.63) is 47.6 Å². The average Bonchev–Trinajstić information content (AvgIpc) is 3.17. The number of nitrogens with one attached hydrogen (secondary N) is 2. The van der Waals surface area contributed by atoms with Gasteiger partial charge in [-0.15, -0.1) is 4.40 Å². The van der Waals surface area contributed by atoms with Crippen molar-refractivity contribution in [1.29, 1.82) is 0 Å². The maximum atomic E-state index is 12.5. The molecule has 0 unspecified atom stereocenters. The van der Waals surface area contributed by atoms with Crippen LogP contribution < -0.4 is 10.9 Å². The van der Waals surface area contributed by atoms with Crippen LogP contribution in [0, 0.1) is 0 Å². The zero-order valence-electron chi connectivity index (χ0n) is 16.2. The third kappa shape index (κ3) is 4.93. The maximum Gasteiger partial charge on any atom is 0.305 e. The van der Waals surface area contributed by atoms with Crippen molar-refractivity contribution in [1.82, 2.24) is 20.7 Å². The Morgan fingerprint density at radius 3 is 2.66 bits per heavy atom. The van der Waals surface area contributed by atoms with Crippen molar-refractivity contribution in [3.63, 3.8) is 0 Å². The van der Waals surface area contributed by atoms with Gasteiger partial charge in [-0.1, -0.05) is 13.8 Å². The summed E-state index contributed by atoms with van der Waals surface area (Å²) < 4.78 is 32.7. The van der Waals surface area contributed by atoms with Gasteiger partial charge in [0, 0.05) is 12.7 Å². The molecule has 2 amide bonds. The van der Waals surface area contributed by atoms with Crippen molar-refractivity contribution >= 4 is 27.7 Å². The van der Waals surface area contributed by atoms with Crippen LogP contribution in [0.3, 0.4) is 0 Å². The van der Waals surface area contributed by atoms with Gasteiger partial charge in [0.15, 0.2) is 11.6 Å². The minimum absolute atomic E-state index is 0.0324. The Morgan fingerprint density at radius 1 is 1.21 bits per heavy atom. The number of fused-ring (bicyclic) bond motifs is 1. The number of allylic oxidation sites excluding steroid dienone is 2. The molecule has 0 aliphatic carbocycles. The Hall–Kier alpha value is -2.92. The molecule has 10 nitrogen and oxygen atoms in total. The smallest absolute Gasteiger partial charge is 0.305 e. The number of amidine groups is 1. The minimum Gasteiger partial charge on any atom is -0.454 e. The Bertz CT molecular complexity index is 988. The van der Waals surface area contributed by atoms with Crippen LogP contribution in [0.2, 0.25) is 0 Å². The summed E-state index contributed by atoms with van der Waals surface area (Å²) >= 11 is 0. The van der Waals surface area contributed by atoms with Crippen LogP contribution in [0.4, 0.5) is 0 Å².